The van der Waals surface area contributed by atoms with Crippen LogP contribution in [0.4, 0.5) is 0 Å². The van der Waals surface area contributed by atoms with Crippen molar-refractivity contribution in [1.82, 2.24) is 0 Å². The van der Waals surface area contributed by atoms with Gasteiger partial charge in [-0.1, -0.05) is 48.0 Å². The van der Waals surface area contributed by atoms with E-state index >= 15 is 0 Å². The van der Waals surface area contributed by atoms with Crippen LogP contribution < -0.4 is 0 Å². The summed E-state index contributed by atoms with van der Waals surface area (Å²) in [6, 6.07) is 23.8. The Balaban J connectivity index is 1.95. The molecule has 0 heterocycles. The van der Waals surface area contributed by atoms with Crippen LogP contribution in [0.3, 0.4) is 0 Å². The average molecular weight is 417 g/mol. The van der Waals surface area contributed by atoms with E-state index in [0.29, 0.717) is 10.6 Å². The van der Waals surface area contributed by atoms with Gasteiger partial charge in [-0.3, -0.25) is 4.79 Å². The number of carbonyl (C=O) groups excluding carboxylic acids is 1. The lowest BCUT2D eigenvalue weighted by molar-refractivity contribution is 0.0992. The van der Waals surface area contributed by atoms with E-state index in [1.165, 1.54) is 23.9 Å². The summed E-state index contributed by atoms with van der Waals surface area (Å²) in [5, 5.41) is -0.695. The monoisotopic (exact) mass is 416 g/mol. The van der Waals surface area contributed by atoms with Crippen molar-refractivity contribution < 1.29 is 13.2 Å². The Hall–Kier alpha value is -2.08. The maximum Gasteiger partial charge on any atom is 0.189 e. The molecule has 0 radical (unpaired) electrons. The minimum Gasteiger partial charge on any atom is -0.293 e. The number of Topliss-reactive ketones (excluding diaryl/α,β-unsaturated/α-hetero) is 1. The first-order valence-corrected chi connectivity index (χ1v) is 11.2. The number of thioether (sulfide) groups is 1. The third kappa shape index (κ3) is 4.80. The summed E-state index contributed by atoms with van der Waals surface area (Å²) in [6.07, 6.45) is 0. The minimum atomic E-state index is -3.83. The normalized spacial score (nSPS) is 12.5. The van der Waals surface area contributed by atoms with E-state index in [9.17, 15) is 13.2 Å². The molecule has 138 valence electrons. The van der Waals surface area contributed by atoms with Gasteiger partial charge in [-0.05, 0) is 48.5 Å². The van der Waals surface area contributed by atoms with Crippen molar-refractivity contribution in [3.63, 3.8) is 0 Å². The molecule has 0 spiro atoms. The molecule has 6 heteroatoms. The molecule has 3 rings (SSSR count). The van der Waals surface area contributed by atoms with Gasteiger partial charge in [0.15, 0.2) is 15.6 Å². The van der Waals surface area contributed by atoms with E-state index in [1.807, 2.05) is 30.3 Å². The quantitative estimate of drug-likeness (QED) is 0.394. The number of benzene rings is 3. The third-order valence-electron chi connectivity index (χ3n) is 4.01. The van der Waals surface area contributed by atoms with Crippen LogP contribution in [0.15, 0.2) is 94.7 Å². The van der Waals surface area contributed by atoms with Crippen LogP contribution in [-0.2, 0) is 9.84 Å². The maximum absolute atomic E-state index is 13.2. The second-order valence-corrected chi connectivity index (χ2v) is 9.50. The van der Waals surface area contributed by atoms with Crippen molar-refractivity contribution in [2.24, 2.45) is 0 Å². The third-order valence-corrected chi connectivity index (χ3v) is 7.64. The van der Waals surface area contributed by atoms with Crippen LogP contribution in [0.5, 0.6) is 0 Å². The topological polar surface area (TPSA) is 51.2 Å². The fraction of sp³-hybridized carbons (Fsp3) is 0.0952. The molecular formula is C21H17ClO3S2. The van der Waals surface area contributed by atoms with Crippen LogP contribution >= 0.6 is 23.4 Å². The molecule has 0 saturated carbocycles. The van der Waals surface area contributed by atoms with E-state index < -0.39 is 20.9 Å². The Kier molecular flexibility index (Phi) is 6.37. The SMILES string of the molecule is O=C(c1ccc(Cl)cc1)C(CSc1ccccc1)S(=O)(=O)c1ccccc1. The summed E-state index contributed by atoms with van der Waals surface area (Å²) < 4.78 is 26.4. The summed E-state index contributed by atoms with van der Waals surface area (Å²) >= 11 is 7.24. The van der Waals surface area contributed by atoms with Crippen LogP contribution in [0.25, 0.3) is 0 Å². The number of sulfone groups is 1. The zero-order valence-electron chi connectivity index (χ0n) is 14.3. The van der Waals surface area contributed by atoms with Crippen molar-refractivity contribution in [2.45, 2.75) is 15.0 Å². The smallest absolute Gasteiger partial charge is 0.189 e. The number of carbonyl (C=O) groups is 1. The molecule has 0 fully saturated rings. The first kappa shape index (κ1) is 19.7. The van der Waals surface area contributed by atoms with Crippen LogP contribution in [0.1, 0.15) is 10.4 Å². The number of halogens is 1. The highest BCUT2D eigenvalue weighted by atomic mass is 35.5. The molecule has 0 aliphatic carbocycles. The molecule has 0 N–H and O–H groups in total. The summed E-state index contributed by atoms with van der Waals surface area (Å²) in [5.41, 5.74) is 0.331. The Labute approximate surface area is 168 Å². The zero-order chi connectivity index (χ0) is 19.3. The van der Waals surface area contributed by atoms with Crippen molar-refractivity contribution in [1.29, 1.82) is 0 Å². The summed E-state index contributed by atoms with van der Waals surface area (Å²) in [5.74, 6) is -0.304. The van der Waals surface area contributed by atoms with Crippen molar-refractivity contribution in [2.75, 3.05) is 5.75 Å². The fourth-order valence-corrected chi connectivity index (χ4v) is 5.74. The van der Waals surface area contributed by atoms with Gasteiger partial charge in [0.25, 0.3) is 0 Å². The van der Waals surface area contributed by atoms with E-state index in [4.69, 9.17) is 11.6 Å². The van der Waals surface area contributed by atoms with Gasteiger partial charge in [0.1, 0.15) is 5.25 Å². The second kappa shape index (κ2) is 8.74. The van der Waals surface area contributed by atoms with Crippen LogP contribution in [-0.4, -0.2) is 25.2 Å². The van der Waals surface area contributed by atoms with E-state index in [1.54, 1.807) is 42.5 Å². The first-order valence-electron chi connectivity index (χ1n) is 8.25. The number of hydrogen-bond acceptors (Lipinski definition) is 4. The molecule has 0 saturated heterocycles. The second-order valence-electron chi connectivity index (χ2n) is 5.84. The molecule has 3 aromatic rings. The average Bonchev–Trinajstić information content (AvgIpc) is 2.70. The molecule has 0 aliphatic rings. The summed E-state index contributed by atoms with van der Waals surface area (Å²) in [6.45, 7) is 0. The van der Waals surface area contributed by atoms with E-state index in [0.717, 1.165) is 4.90 Å². The van der Waals surface area contributed by atoms with Gasteiger partial charge in [0.2, 0.25) is 0 Å². The van der Waals surface area contributed by atoms with Gasteiger partial charge in [0, 0.05) is 21.2 Å². The van der Waals surface area contributed by atoms with Gasteiger partial charge in [0.05, 0.1) is 4.90 Å². The zero-order valence-corrected chi connectivity index (χ0v) is 16.7. The van der Waals surface area contributed by atoms with Gasteiger partial charge in [-0.2, -0.15) is 0 Å². The molecule has 0 amide bonds. The molecule has 3 aromatic carbocycles. The number of rotatable bonds is 7. The largest absolute Gasteiger partial charge is 0.293 e. The molecule has 3 nitrogen and oxygen atoms in total. The molecule has 27 heavy (non-hydrogen) atoms. The Morgan fingerprint density at radius 1 is 0.852 bits per heavy atom. The van der Waals surface area contributed by atoms with Gasteiger partial charge >= 0.3 is 0 Å². The maximum atomic E-state index is 13.2. The molecule has 0 aliphatic heterocycles. The number of hydrogen-bond donors (Lipinski definition) is 0. The fourth-order valence-electron chi connectivity index (χ4n) is 2.57. The Morgan fingerprint density at radius 2 is 1.41 bits per heavy atom. The van der Waals surface area contributed by atoms with Crippen molar-refractivity contribution in [3.8, 4) is 0 Å². The minimum absolute atomic E-state index is 0.128. The van der Waals surface area contributed by atoms with Crippen molar-refractivity contribution >= 4 is 39.0 Å². The summed E-state index contributed by atoms with van der Waals surface area (Å²) in [4.78, 5) is 14.1. The Morgan fingerprint density at radius 3 is 2.00 bits per heavy atom. The van der Waals surface area contributed by atoms with Crippen LogP contribution in [0, 0.1) is 0 Å². The van der Waals surface area contributed by atoms with E-state index in [-0.39, 0.29) is 10.6 Å². The van der Waals surface area contributed by atoms with Crippen LogP contribution in [0.2, 0.25) is 5.02 Å². The lowest BCUT2D eigenvalue weighted by atomic mass is 10.1. The van der Waals surface area contributed by atoms with Gasteiger partial charge in [-0.15, -0.1) is 11.8 Å². The standard InChI is InChI=1S/C21H17ClO3S2/c22-17-13-11-16(12-14-17)21(23)20(15-26-18-7-3-1-4-8-18)27(24,25)19-9-5-2-6-10-19/h1-14,20H,15H2. The van der Waals surface area contributed by atoms with E-state index in [2.05, 4.69) is 0 Å². The highest BCUT2D eigenvalue weighted by Crippen LogP contribution is 2.27. The number of ketones is 1. The van der Waals surface area contributed by atoms with Gasteiger partial charge < -0.3 is 0 Å². The van der Waals surface area contributed by atoms with Crippen molar-refractivity contribution in [3.05, 3.63) is 95.5 Å². The molecule has 1 atom stereocenters. The molecule has 0 bridgehead atoms. The Bertz CT molecular complexity index is 1000. The van der Waals surface area contributed by atoms with Gasteiger partial charge in [-0.25, -0.2) is 8.42 Å². The highest BCUT2D eigenvalue weighted by molar-refractivity contribution is 8.01. The lowest BCUT2D eigenvalue weighted by Gasteiger charge is -2.17. The predicted octanol–water partition coefficient (Wildman–Crippen LogP) is 5.16. The summed E-state index contributed by atoms with van der Waals surface area (Å²) in [7, 11) is -3.83. The molecule has 1 unspecified atom stereocenters. The predicted molar refractivity (Wildman–Crippen MR) is 110 cm³/mol. The highest BCUT2D eigenvalue weighted by Gasteiger charge is 2.34. The first-order chi connectivity index (χ1) is 13.0. The molecular weight excluding hydrogens is 400 g/mol. The molecule has 0 aromatic heterocycles. The lowest BCUT2D eigenvalue weighted by Crippen LogP contribution is -2.33.